The van der Waals surface area contributed by atoms with Gasteiger partial charge in [-0.25, -0.2) is 9.59 Å². The highest BCUT2D eigenvalue weighted by Gasteiger charge is 2.17. The summed E-state index contributed by atoms with van der Waals surface area (Å²) in [6.07, 6.45) is -0.973. The van der Waals surface area contributed by atoms with Gasteiger partial charge in [0.2, 0.25) is 0 Å². The lowest BCUT2D eigenvalue weighted by atomic mass is 10.2. The number of rotatable bonds is 4. The molecule has 0 radical (unpaired) electrons. The molecule has 0 spiro atoms. The van der Waals surface area contributed by atoms with Crippen molar-refractivity contribution in [2.24, 2.45) is 0 Å². The Morgan fingerprint density at radius 1 is 1.18 bits per heavy atom. The van der Waals surface area contributed by atoms with Gasteiger partial charge in [0, 0.05) is 24.8 Å². The number of hydrogen-bond donors (Lipinski definition) is 1. The quantitative estimate of drug-likeness (QED) is 0.916. The molecule has 0 saturated carbocycles. The minimum Gasteiger partial charge on any atom is -0.444 e. The summed E-state index contributed by atoms with van der Waals surface area (Å²) in [5.41, 5.74) is -0.0733. The summed E-state index contributed by atoms with van der Waals surface area (Å²) in [5, 5.41) is 2.60. The van der Waals surface area contributed by atoms with Gasteiger partial charge in [0.1, 0.15) is 11.4 Å². The maximum Gasteiger partial charge on any atom is 0.415 e. The van der Waals surface area contributed by atoms with E-state index in [9.17, 15) is 9.59 Å². The van der Waals surface area contributed by atoms with Gasteiger partial charge in [-0.2, -0.15) is 0 Å². The third kappa shape index (κ3) is 6.03. The molecule has 122 valence electrons. The molecule has 6 heteroatoms. The number of amides is 2. The average Bonchev–Trinajstić information content (AvgIpc) is 2.38. The normalized spacial score (nSPS) is 10.8. The van der Waals surface area contributed by atoms with Gasteiger partial charge in [0.15, 0.2) is 0 Å². The summed E-state index contributed by atoms with van der Waals surface area (Å²) in [6, 6.07) is 6.61. The SMILES string of the molecule is CCN(CC)C(=O)Oc1cccc(NC(=O)OC(C)(C)C)c1. The monoisotopic (exact) mass is 308 g/mol. The molecule has 0 aliphatic heterocycles. The topological polar surface area (TPSA) is 67.9 Å². The van der Waals surface area contributed by atoms with Crippen molar-refractivity contribution >= 4 is 17.9 Å². The van der Waals surface area contributed by atoms with Crippen LogP contribution in [0.25, 0.3) is 0 Å². The number of ether oxygens (including phenoxy) is 2. The van der Waals surface area contributed by atoms with E-state index in [1.165, 1.54) is 0 Å². The lowest BCUT2D eigenvalue weighted by molar-refractivity contribution is 0.0636. The highest BCUT2D eigenvalue weighted by molar-refractivity contribution is 5.85. The smallest absolute Gasteiger partial charge is 0.415 e. The van der Waals surface area contributed by atoms with Crippen LogP contribution in [0.3, 0.4) is 0 Å². The van der Waals surface area contributed by atoms with Gasteiger partial charge in [-0.15, -0.1) is 0 Å². The molecule has 0 aliphatic carbocycles. The number of carbonyl (C=O) groups is 2. The third-order valence-electron chi connectivity index (χ3n) is 2.71. The van der Waals surface area contributed by atoms with Crippen molar-refractivity contribution in [3.63, 3.8) is 0 Å². The Hall–Kier alpha value is -2.24. The first-order chi connectivity index (χ1) is 10.2. The number of anilines is 1. The Morgan fingerprint density at radius 3 is 2.36 bits per heavy atom. The van der Waals surface area contributed by atoms with Crippen LogP contribution in [-0.2, 0) is 4.74 Å². The largest absolute Gasteiger partial charge is 0.444 e. The van der Waals surface area contributed by atoms with E-state index >= 15 is 0 Å². The second-order valence-corrected chi connectivity index (χ2v) is 5.69. The average molecular weight is 308 g/mol. The van der Waals surface area contributed by atoms with E-state index in [0.29, 0.717) is 24.5 Å². The molecule has 1 N–H and O–H groups in total. The summed E-state index contributed by atoms with van der Waals surface area (Å²) in [6.45, 7) is 10.3. The Kier molecular flexibility index (Phi) is 6.22. The highest BCUT2D eigenvalue weighted by atomic mass is 16.6. The molecule has 0 atom stereocenters. The van der Waals surface area contributed by atoms with E-state index in [1.807, 2.05) is 13.8 Å². The van der Waals surface area contributed by atoms with Crippen LogP contribution in [-0.4, -0.2) is 35.8 Å². The van der Waals surface area contributed by atoms with Gasteiger partial charge >= 0.3 is 12.2 Å². The number of nitrogens with one attached hydrogen (secondary N) is 1. The predicted molar refractivity (Wildman–Crippen MR) is 85.2 cm³/mol. The van der Waals surface area contributed by atoms with E-state index in [4.69, 9.17) is 9.47 Å². The fraction of sp³-hybridized carbons (Fsp3) is 0.500. The molecule has 0 aliphatic rings. The maximum absolute atomic E-state index is 11.9. The third-order valence-corrected chi connectivity index (χ3v) is 2.71. The van der Waals surface area contributed by atoms with Crippen molar-refractivity contribution in [1.29, 1.82) is 0 Å². The van der Waals surface area contributed by atoms with Crippen LogP contribution in [0.1, 0.15) is 34.6 Å². The van der Waals surface area contributed by atoms with Crippen molar-refractivity contribution in [3.05, 3.63) is 24.3 Å². The number of hydrogen-bond acceptors (Lipinski definition) is 4. The lowest BCUT2D eigenvalue weighted by Crippen LogP contribution is -2.33. The van der Waals surface area contributed by atoms with Gasteiger partial charge in [-0.3, -0.25) is 5.32 Å². The van der Waals surface area contributed by atoms with Gasteiger partial charge in [-0.05, 0) is 46.8 Å². The standard InChI is InChI=1S/C16H24N2O4/c1-6-18(7-2)15(20)21-13-10-8-9-12(11-13)17-14(19)22-16(3,4)5/h8-11H,6-7H2,1-5H3,(H,17,19). The Labute approximate surface area is 131 Å². The predicted octanol–water partition coefficient (Wildman–Crippen LogP) is 3.87. The first-order valence-corrected chi connectivity index (χ1v) is 7.32. The van der Waals surface area contributed by atoms with Crippen LogP contribution in [0.5, 0.6) is 5.75 Å². The van der Waals surface area contributed by atoms with E-state index in [2.05, 4.69) is 5.32 Å². The minimum atomic E-state index is -0.573. The zero-order valence-electron chi connectivity index (χ0n) is 13.8. The van der Waals surface area contributed by atoms with Crippen molar-refractivity contribution in [2.45, 2.75) is 40.2 Å². The Bertz CT molecular complexity index is 519. The Morgan fingerprint density at radius 2 is 1.82 bits per heavy atom. The van der Waals surface area contributed by atoms with Crippen LogP contribution >= 0.6 is 0 Å². The Balaban J connectivity index is 2.70. The van der Waals surface area contributed by atoms with E-state index in [-0.39, 0.29) is 0 Å². The second-order valence-electron chi connectivity index (χ2n) is 5.69. The number of carbonyl (C=O) groups excluding carboxylic acids is 2. The molecule has 1 aromatic rings. The molecule has 0 heterocycles. The molecular weight excluding hydrogens is 284 g/mol. The highest BCUT2D eigenvalue weighted by Crippen LogP contribution is 2.19. The molecule has 2 amide bonds. The van der Waals surface area contributed by atoms with Crippen LogP contribution in [0, 0.1) is 0 Å². The molecule has 1 rings (SSSR count). The summed E-state index contributed by atoms with van der Waals surface area (Å²) in [7, 11) is 0. The fourth-order valence-corrected chi connectivity index (χ4v) is 1.71. The van der Waals surface area contributed by atoms with E-state index in [0.717, 1.165) is 0 Å². The van der Waals surface area contributed by atoms with Crippen LogP contribution in [0.15, 0.2) is 24.3 Å². The van der Waals surface area contributed by atoms with Gasteiger partial charge in [0.05, 0.1) is 0 Å². The fourth-order valence-electron chi connectivity index (χ4n) is 1.71. The first kappa shape index (κ1) is 17.8. The molecular formula is C16H24N2O4. The molecule has 0 unspecified atom stereocenters. The van der Waals surface area contributed by atoms with E-state index < -0.39 is 17.8 Å². The maximum atomic E-state index is 11.9. The van der Waals surface area contributed by atoms with Crippen molar-refractivity contribution in [2.75, 3.05) is 18.4 Å². The van der Waals surface area contributed by atoms with Crippen LogP contribution < -0.4 is 10.1 Å². The minimum absolute atomic E-state index is 0.366. The molecule has 0 fully saturated rings. The summed E-state index contributed by atoms with van der Waals surface area (Å²) < 4.78 is 10.4. The molecule has 0 saturated heterocycles. The molecule has 0 bridgehead atoms. The molecule has 22 heavy (non-hydrogen) atoms. The molecule has 6 nitrogen and oxygen atoms in total. The lowest BCUT2D eigenvalue weighted by Gasteiger charge is -2.20. The zero-order valence-corrected chi connectivity index (χ0v) is 13.8. The van der Waals surface area contributed by atoms with Crippen molar-refractivity contribution in [1.82, 2.24) is 4.90 Å². The van der Waals surface area contributed by atoms with Gasteiger partial charge < -0.3 is 14.4 Å². The number of nitrogens with zero attached hydrogens (tertiary/aromatic N) is 1. The summed E-state index contributed by atoms with van der Waals surface area (Å²) in [4.78, 5) is 25.2. The van der Waals surface area contributed by atoms with Crippen molar-refractivity contribution < 1.29 is 19.1 Å². The van der Waals surface area contributed by atoms with Crippen LogP contribution in [0.4, 0.5) is 15.3 Å². The summed E-state index contributed by atoms with van der Waals surface area (Å²) >= 11 is 0. The molecule has 1 aromatic carbocycles. The second kappa shape index (κ2) is 7.68. The summed E-state index contributed by atoms with van der Waals surface area (Å²) in [5.74, 6) is 0.366. The van der Waals surface area contributed by atoms with Crippen molar-refractivity contribution in [3.8, 4) is 5.75 Å². The zero-order chi connectivity index (χ0) is 16.8. The molecule has 0 aromatic heterocycles. The van der Waals surface area contributed by atoms with Gasteiger partial charge in [0.25, 0.3) is 0 Å². The van der Waals surface area contributed by atoms with E-state index in [1.54, 1.807) is 49.9 Å². The van der Waals surface area contributed by atoms with Gasteiger partial charge in [-0.1, -0.05) is 6.07 Å². The number of benzene rings is 1. The van der Waals surface area contributed by atoms with Crippen LogP contribution in [0.2, 0.25) is 0 Å². The first-order valence-electron chi connectivity index (χ1n) is 7.32.